The summed E-state index contributed by atoms with van der Waals surface area (Å²) >= 11 is 0. The second-order valence-electron chi connectivity index (χ2n) is 4.56. The first kappa shape index (κ1) is 10.6. The Hall–Kier alpha value is -0.890. The van der Waals surface area contributed by atoms with Crippen LogP contribution in [0.3, 0.4) is 0 Å². The van der Waals surface area contributed by atoms with Crippen LogP contribution in [-0.2, 0) is 6.42 Å². The maximum atomic E-state index is 4.45. The Morgan fingerprint density at radius 2 is 2.13 bits per heavy atom. The van der Waals surface area contributed by atoms with Crippen molar-refractivity contribution < 1.29 is 0 Å². The number of aryl methyl sites for hydroxylation is 2. The highest BCUT2D eigenvalue weighted by atomic mass is 14.9. The number of aromatic nitrogens is 1. The number of piperidine rings is 1. The first-order valence-corrected chi connectivity index (χ1v) is 5.97. The van der Waals surface area contributed by atoms with Crippen LogP contribution in [0.25, 0.3) is 0 Å². The molecule has 2 nitrogen and oxygen atoms in total. The SMILES string of the molecule is Cc1ccc(CCC2CCNCC2)nc1. The molecule has 2 heteroatoms. The van der Waals surface area contributed by atoms with Crippen LogP contribution in [0, 0.1) is 12.8 Å². The molecule has 1 aliphatic rings. The number of hydrogen-bond acceptors (Lipinski definition) is 2. The predicted molar refractivity (Wildman–Crippen MR) is 62.9 cm³/mol. The number of hydrogen-bond donors (Lipinski definition) is 1. The average molecular weight is 204 g/mol. The lowest BCUT2D eigenvalue weighted by Crippen LogP contribution is -2.27. The lowest BCUT2D eigenvalue weighted by molar-refractivity contribution is 0.353. The van der Waals surface area contributed by atoms with E-state index in [2.05, 4.69) is 29.4 Å². The van der Waals surface area contributed by atoms with E-state index in [1.165, 1.54) is 43.6 Å². The minimum Gasteiger partial charge on any atom is -0.317 e. The van der Waals surface area contributed by atoms with Crippen molar-refractivity contribution in [3.05, 3.63) is 29.6 Å². The van der Waals surface area contributed by atoms with Gasteiger partial charge >= 0.3 is 0 Å². The van der Waals surface area contributed by atoms with Gasteiger partial charge in [0, 0.05) is 11.9 Å². The van der Waals surface area contributed by atoms with Crippen molar-refractivity contribution >= 4 is 0 Å². The Morgan fingerprint density at radius 1 is 1.33 bits per heavy atom. The minimum absolute atomic E-state index is 0.911. The van der Waals surface area contributed by atoms with E-state index in [-0.39, 0.29) is 0 Å². The van der Waals surface area contributed by atoms with Gasteiger partial charge in [-0.25, -0.2) is 0 Å². The third-order valence-corrected chi connectivity index (χ3v) is 3.24. The largest absolute Gasteiger partial charge is 0.317 e. The molecule has 0 radical (unpaired) electrons. The second kappa shape index (κ2) is 5.26. The topological polar surface area (TPSA) is 24.9 Å². The molecular weight excluding hydrogens is 184 g/mol. The van der Waals surface area contributed by atoms with Gasteiger partial charge in [-0.1, -0.05) is 6.07 Å². The van der Waals surface area contributed by atoms with E-state index in [0.717, 1.165) is 12.3 Å². The molecule has 15 heavy (non-hydrogen) atoms. The molecule has 0 aliphatic carbocycles. The highest BCUT2D eigenvalue weighted by Gasteiger charge is 2.12. The maximum Gasteiger partial charge on any atom is 0.0403 e. The van der Waals surface area contributed by atoms with Crippen molar-refractivity contribution in [2.75, 3.05) is 13.1 Å². The summed E-state index contributed by atoms with van der Waals surface area (Å²) in [6, 6.07) is 4.32. The molecule has 0 unspecified atom stereocenters. The van der Waals surface area contributed by atoms with Gasteiger partial charge in [-0.15, -0.1) is 0 Å². The highest BCUT2D eigenvalue weighted by molar-refractivity contribution is 5.12. The molecule has 1 aliphatic heterocycles. The van der Waals surface area contributed by atoms with Crippen molar-refractivity contribution in [3.8, 4) is 0 Å². The molecular formula is C13H20N2. The molecule has 0 aromatic carbocycles. The Balaban J connectivity index is 1.79. The molecule has 2 heterocycles. The Kier molecular flexibility index (Phi) is 3.73. The molecule has 2 rings (SSSR count). The molecule has 1 aromatic heterocycles. The normalized spacial score (nSPS) is 17.9. The lowest BCUT2D eigenvalue weighted by atomic mass is 9.92. The predicted octanol–water partition coefficient (Wildman–Crippen LogP) is 2.32. The summed E-state index contributed by atoms with van der Waals surface area (Å²) < 4.78 is 0. The zero-order chi connectivity index (χ0) is 10.5. The molecule has 1 saturated heterocycles. The molecule has 0 amide bonds. The van der Waals surface area contributed by atoms with Crippen LogP contribution >= 0.6 is 0 Å². The van der Waals surface area contributed by atoms with Gasteiger partial charge in [0.15, 0.2) is 0 Å². The highest BCUT2D eigenvalue weighted by Crippen LogP contribution is 2.17. The van der Waals surface area contributed by atoms with Crippen molar-refractivity contribution in [1.29, 1.82) is 0 Å². The summed E-state index contributed by atoms with van der Waals surface area (Å²) in [6.45, 7) is 4.49. The molecule has 0 spiro atoms. The van der Waals surface area contributed by atoms with Crippen LogP contribution in [0.5, 0.6) is 0 Å². The number of pyridine rings is 1. The Bertz CT molecular complexity index is 286. The zero-order valence-electron chi connectivity index (χ0n) is 9.50. The van der Waals surface area contributed by atoms with Crippen molar-refractivity contribution in [1.82, 2.24) is 10.3 Å². The van der Waals surface area contributed by atoms with Gasteiger partial charge < -0.3 is 5.32 Å². The van der Waals surface area contributed by atoms with E-state index < -0.39 is 0 Å². The van der Waals surface area contributed by atoms with Gasteiger partial charge in [0.2, 0.25) is 0 Å². The van der Waals surface area contributed by atoms with E-state index in [0.29, 0.717) is 0 Å². The third kappa shape index (κ3) is 3.31. The fourth-order valence-electron chi connectivity index (χ4n) is 2.17. The van der Waals surface area contributed by atoms with E-state index in [9.17, 15) is 0 Å². The fraction of sp³-hybridized carbons (Fsp3) is 0.615. The van der Waals surface area contributed by atoms with Crippen LogP contribution in [0.15, 0.2) is 18.3 Å². The monoisotopic (exact) mass is 204 g/mol. The fourth-order valence-corrected chi connectivity index (χ4v) is 2.17. The standard InChI is InChI=1S/C13H20N2/c1-11-2-4-13(15-10-11)5-3-12-6-8-14-9-7-12/h2,4,10,12,14H,3,5-9H2,1H3. The third-order valence-electron chi connectivity index (χ3n) is 3.24. The first-order chi connectivity index (χ1) is 7.34. The molecule has 1 aromatic rings. The zero-order valence-corrected chi connectivity index (χ0v) is 9.50. The summed E-state index contributed by atoms with van der Waals surface area (Å²) in [5.41, 5.74) is 2.50. The van der Waals surface area contributed by atoms with E-state index in [1.807, 2.05) is 6.20 Å². The second-order valence-corrected chi connectivity index (χ2v) is 4.56. The van der Waals surface area contributed by atoms with Gasteiger partial charge in [0.25, 0.3) is 0 Å². The average Bonchev–Trinajstić information content (AvgIpc) is 2.30. The summed E-state index contributed by atoms with van der Waals surface area (Å²) in [4.78, 5) is 4.45. The summed E-state index contributed by atoms with van der Waals surface area (Å²) in [7, 11) is 0. The van der Waals surface area contributed by atoms with Gasteiger partial charge in [-0.2, -0.15) is 0 Å². The van der Waals surface area contributed by atoms with Crippen LogP contribution in [-0.4, -0.2) is 18.1 Å². The number of nitrogens with one attached hydrogen (secondary N) is 1. The quantitative estimate of drug-likeness (QED) is 0.817. The molecule has 0 bridgehead atoms. The van der Waals surface area contributed by atoms with Crippen LogP contribution in [0.1, 0.15) is 30.5 Å². The minimum atomic E-state index is 0.911. The van der Waals surface area contributed by atoms with E-state index in [1.54, 1.807) is 0 Å². The summed E-state index contributed by atoms with van der Waals surface area (Å²) in [5.74, 6) is 0.911. The molecule has 1 fully saturated rings. The smallest absolute Gasteiger partial charge is 0.0403 e. The van der Waals surface area contributed by atoms with Crippen LogP contribution < -0.4 is 5.32 Å². The lowest BCUT2D eigenvalue weighted by Gasteiger charge is -2.22. The van der Waals surface area contributed by atoms with Gasteiger partial charge in [-0.05, 0) is 63.2 Å². The first-order valence-electron chi connectivity index (χ1n) is 5.97. The van der Waals surface area contributed by atoms with Crippen molar-refractivity contribution in [3.63, 3.8) is 0 Å². The van der Waals surface area contributed by atoms with Crippen molar-refractivity contribution in [2.45, 2.75) is 32.6 Å². The number of rotatable bonds is 3. The van der Waals surface area contributed by atoms with Gasteiger partial charge in [0.1, 0.15) is 0 Å². The molecule has 0 saturated carbocycles. The maximum absolute atomic E-state index is 4.45. The number of nitrogens with zero attached hydrogens (tertiary/aromatic N) is 1. The molecule has 82 valence electrons. The molecule has 0 atom stereocenters. The van der Waals surface area contributed by atoms with Crippen LogP contribution in [0.4, 0.5) is 0 Å². The van der Waals surface area contributed by atoms with Gasteiger partial charge in [-0.3, -0.25) is 4.98 Å². The summed E-state index contributed by atoms with van der Waals surface area (Å²) in [6.07, 6.45) is 7.10. The Morgan fingerprint density at radius 3 is 2.80 bits per heavy atom. The van der Waals surface area contributed by atoms with Crippen molar-refractivity contribution in [2.24, 2.45) is 5.92 Å². The Labute approximate surface area is 92.1 Å². The van der Waals surface area contributed by atoms with E-state index >= 15 is 0 Å². The van der Waals surface area contributed by atoms with Gasteiger partial charge in [0.05, 0.1) is 0 Å². The van der Waals surface area contributed by atoms with E-state index in [4.69, 9.17) is 0 Å². The summed E-state index contributed by atoms with van der Waals surface area (Å²) in [5, 5.41) is 3.40. The van der Waals surface area contributed by atoms with Crippen LogP contribution in [0.2, 0.25) is 0 Å². The molecule has 1 N–H and O–H groups in total.